The van der Waals surface area contributed by atoms with Gasteiger partial charge in [0.2, 0.25) is 0 Å². The zero-order valence-electron chi connectivity index (χ0n) is 10.7. The van der Waals surface area contributed by atoms with Crippen LogP contribution < -0.4 is 5.73 Å². The van der Waals surface area contributed by atoms with E-state index < -0.39 is 0 Å². The lowest BCUT2D eigenvalue weighted by atomic mass is 10.1. The maximum atomic E-state index is 5.63. The Morgan fingerprint density at radius 1 is 1.39 bits per heavy atom. The Morgan fingerprint density at radius 2 is 2.17 bits per heavy atom. The summed E-state index contributed by atoms with van der Waals surface area (Å²) in [7, 11) is 0. The minimum atomic E-state index is 0.271. The molecule has 2 N–H and O–H groups in total. The summed E-state index contributed by atoms with van der Waals surface area (Å²) in [5.41, 5.74) is 7.72. The van der Waals surface area contributed by atoms with Crippen LogP contribution in [0.25, 0.3) is 10.9 Å². The minimum Gasteiger partial charge on any atom is -0.389 e. The maximum Gasteiger partial charge on any atom is 0.104 e. The van der Waals surface area contributed by atoms with Crippen LogP contribution in [-0.2, 0) is 11.3 Å². The molecule has 0 radical (unpaired) electrons. The number of thiocarbonyl (C=S) groups is 1. The number of rotatable bonds is 5. The molecule has 4 heteroatoms. The molecule has 96 valence electrons. The Morgan fingerprint density at radius 3 is 2.83 bits per heavy atom. The van der Waals surface area contributed by atoms with Crippen molar-refractivity contribution in [2.45, 2.75) is 26.5 Å². The van der Waals surface area contributed by atoms with Crippen molar-refractivity contribution in [2.75, 3.05) is 6.61 Å². The highest BCUT2D eigenvalue weighted by atomic mass is 32.1. The predicted octanol–water partition coefficient (Wildman–Crippen LogP) is 2.70. The van der Waals surface area contributed by atoms with Gasteiger partial charge in [-0.25, -0.2) is 0 Å². The van der Waals surface area contributed by atoms with Crippen LogP contribution in [0.3, 0.4) is 0 Å². The van der Waals surface area contributed by atoms with E-state index in [0.29, 0.717) is 4.99 Å². The zero-order chi connectivity index (χ0) is 13.1. The molecule has 1 aromatic heterocycles. The van der Waals surface area contributed by atoms with Crippen molar-refractivity contribution in [3.63, 3.8) is 0 Å². The van der Waals surface area contributed by atoms with Gasteiger partial charge in [-0.15, -0.1) is 0 Å². The van der Waals surface area contributed by atoms with Gasteiger partial charge in [-0.3, -0.25) is 0 Å². The van der Waals surface area contributed by atoms with Gasteiger partial charge in [-0.1, -0.05) is 12.2 Å². The van der Waals surface area contributed by atoms with Gasteiger partial charge in [0, 0.05) is 29.2 Å². The molecule has 3 nitrogen and oxygen atoms in total. The summed E-state index contributed by atoms with van der Waals surface area (Å²) in [6, 6.07) is 8.12. The van der Waals surface area contributed by atoms with Gasteiger partial charge < -0.3 is 15.0 Å². The topological polar surface area (TPSA) is 40.2 Å². The summed E-state index contributed by atoms with van der Waals surface area (Å²) in [4.78, 5) is 0.438. The smallest absolute Gasteiger partial charge is 0.104 e. The van der Waals surface area contributed by atoms with E-state index in [4.69, 9.17) is 22.7 Å². The molecule has 0 aliphatic rings. The standard InChI is InChI=1S/C14H18N2OS/c1-10(2)17-8-7-16-6-5-11-9-12(14(15)18)3-4-13(11)16/h3-6,9-10H,7-8H2,1-2H3,(H2,15,18). The zero-order valence-corrected chi connectivity index (χ0v) is 11.5. The third kappa shape index (κ3) is 2.89. The quantitative estimate of drug-likeness (QED) is 0.842. The van der Waals surface area contributed by atoms with Gasteiger partial charge >= 0.3 is 0 Å². The van der Waals surface area contributed by atoms with Crippen molar-refractivity contribution in [2.24, 2.45) is 5.73 Å². The number of aromatic nitrogens is 1. The first kappa shape index (κ1) is 13.1. The van der Waals surface area contributed by atoms with Crippen LogP contribution in [0.15, 0.2) is 30.5 Å². The molecule has 1 aromatic carbocycles. The molecule has 0 spiro atoms. The van der Waals surface area contributed by atoms with Gasteiger partial charge in [0.25, 0.3) is 0 Å². The van der Waals surface area contributed by atoms with E-state index in [9.17, 15) is 0 Å². The van der Waals surface area contributed by atoms with Crippen molar-refractivity contribution in [3.05, 3.63) is 36.0 Å². The van der Waals surface area contributed by atoms with Crippen molar-refractivity contribution >= 4 is 28.1 Å². The summed E-state index contributed by atoms with van der Waals surface area (Å²) in [5.74, 6) is 0. The third-order valence-electron chi connectivity index (χ3n) is 2.84. The SMILES string of the molecule is CC(C)OCCn1ccc2cc(C(N)=S)ccc21. The highest BCUT2D eigenvalue weighted by molar-refractivity contribution is 7.80. The molecule has 0 fully saturated rings. The second-order valence-electron chi connectivity index (χ2n) is 4.57. The van der Waals surface area contributed by atoms with E-state index >= 15 is 0 Å². The number of fused-ring (bicyclic) bond motifs is 1. The molecule has 0 aliphatic heterocycles. The van der Waals surface area contributed by atoms with E-state index in [1.54, 1.807) is 0 Å². The van der Waals surface area contributed by atoms with Crippen molar-refractivity contribution in [1.29, 1.82) is 0 Å². The van der Waals surface area contributed by atoms with E-state index in [-0.39, 0.29) is 6.10 Å². The minimum absolute atomic E-state index is 0.271. The molecule has 0 bridgehead atoms. The Balaban J connectivity index is 2.18. The second kappa shape index (κ2) is 5.50. The highest BCUT2D eigenvalue weighted by Gasteiger charge is 2.04. The van der Waals surface area contributed by atoms with Crippen molar-refractivity contribution in [3.8, 4) is 0 Å². The molecule has 0 aliphatic carbocycles. The molecular weight excluding hydrogens is 244 g/mol. The van der Waals surface area contributed by atoms with Crippen LogP contribution in [0.1, 0.15) is 19.4 Å². The number of nitrogens with zero attached hydrogens (tertiary/aromatic N) is 1. The van der Waals surface area contributed by atoms with Gasteiger partial charge in [0.15, 0.2) is 0 Å². The lowest BCUT2D eigenvalue weighted by Gasteiger charge is -2.09. The van der Waals surface area contributed by atoms with E-state index in [2.05, 4.69) is 22.9 Å². The average molecular weight is 262 g/mol. The molecule has 2 rings (SSSR count). The van der Waals surface area contributed by atoms with Crippen molar-refractivity contribution < 1.29 is 4.74 Å². The van der Waals surface area contributed by atoms with Gasteiger partial charge in [0.05, 0.1) is 12.7 Å². The van der Waals surface area contributed by atoms with Crippen LogP contribution >= 0.6 is 12.2 Å². The third-order valence-corrected chi connectivity index (χ3v) is 3.07. The maximum absolute atomic E-state index is 5.63. The molecular formula is C14H18N2OS. The van der Waals surface area contributed by atoms with Crippen LogP contribution in [0.4, 0.5) is 0 Å². The Labute approximate surface area is 113 Å². The molecule has 2 aromatic rings. The van der Waals surface area contributed by atoms with Crippen LogP contribution in [-0.4, -0.2) is 22.3 Å². The highest BCUT2D eigenvalue weighted by Crippen LogP contribution is 2.17. The number of benzene rings is 1. The van der Waals surface area contributed by atoms with Gasteiger partial charge in [0.1, 0.15) is 4.99 Å². The fourth-order valence-electron chi connectivity index (χ4n) is 1.94. The first-order valence-electron chi connectivity index (χ1n) is 6.08. The lowest BCUT2D eigenvalue weighted by molar-refractivity contribution is 0.0733. The largest absolute Gasteiger partial charge is 0.389 e. The first-order chi connectivity index (χ1) is 8.58. The molecule has 0 unspecified atom stereocenters. The monoisotopic (exact) mass is 262 g/mol. The summed E-state index contributed by atoms with van der Waals surface area (Å²) in [5, 5.41) is 1.16. The molecule has 1 heterocycles. The first-order valence-corrected chi connectivity index (χ1v) is 6.49. The summed E-state index contributed by atoms with van der Waals surface area (Å²) in [6.07, 6.45) is 2.34. The van der Waals surface area contributed by atoms with Crippen LogP contribution in [0.5, 0.6) is 0 Å². The van der Waals surface area contributed by atoms with Gasteiger partial charge in [-0.2, -0.15) is 0 Å². The number of hydrogen-bond donors (Lipinski definition) is 1. The van der Waals surface area contributed by atoms with Gasteiger partial charge in [-0.05, 0) is 38.1 Å². The lowest BCUT2D eigenvalue weighted by Crippen LogP contribution is -2.10. The number of hydrogen-bond acceptors (Lipinski definition) is 2. The fraction of sp³-hybridized carbons (Fsp3) is 0.357. The number of ether oxygens (including phenoxy) is 1. The van der Waals surface area contributed by atoms with Crippen LogP contribution in [0.2, 0.25) is 0 Å². The average Bonchev–Trinajstić information content (AvgIpc) is 2.71. The molecule has 0 saturated carbocycles. The Bertz CT molecular complexity index is 560. The predicted molar refractivity (Wildman–Crippen MR) is 78.9 cm³/mol. The number of nitrogens with two attached hydrogens (primary N) is 1. The molecule has 18 heavy (non-hydrogen) atoms. The van der Waals surface area contributed by atoms with E-state index in [0.717, 1.165) is 24.1 Å². The van der Waals surface area contributed by atoms with E-state index in [1.165, 1.54) is 5.52 Å². The Kier molecular flexibility index (Phi) is 3.99. The summed E-state index contributed by atoms with van der Waals surface area (Å²) >= 11 is 4.98. The summed E-state index contributed by atoms with van der Waals surface area (Å²) < 4.78 is 7.75. The molecule has 0 amide bonds. The van der Waals surface area contributed by atoms with E-state index in [1.807, 2.05) is 26.0 Å². The molecule has 0 atom stereocenters. The normalized spacial score (nSPS) is 11.3. The van der Waals surface area contributed by atoms with Crippen LogP contribution in [0, 0.1) is 0 Å². The fourth-order valence-corrected chi connectivity index (χ4v) is 2.06. The summed E-state index contributed by atoms with van der Waals surface area (Å²) in [6.45, 7) is 5.66. The molecule has 0 saturated heterocycles. The second-order valence-corrected chi connectivity index (χ2v) is 5.01. The van der Waals surface area contributed by atoms with Crippen molar-refractivity contribution in [1.82, 2.24) is 4.57 Å². The Hall–Kier alpha value is -1.39.